The number of aromatic amines is 1. The number of nitrogens with one attached hydrogen (secondary N) is 1. The predicted octanol–water partition coefficient (Wildman–Crippen LogP) is 13.5. The Bertz CT molecular complexity index is 2960. The first-order chi connectivity index (χ1) is 30.7. The Balaban J connectivity index is 0.000000177. The Morgan fingerprint density at radius 2 is 1.02 bits per heavy atom. The molecule has 3 N–H and O–H groups in total. The van der Waals surface area contributed by atoms with Crippen LogP contribution in [0.4, 0.5) is 0 Å². The molecule has 0 aliphatic heterocycles. The van der Waals surface area contributed by atoms with Gasteiger partial charge in [0.2, 0.25) is 0 Å². The molecule has 63 heavy (non-hydrogen) atoms. The minimum Gasteiger partial charge on any atom is -0.478 e. The first kappa shape index (κ1) is 45.1. The van der Waals surface area contributed by atoms with Gasteiger partial charge in [0.15, 0.2) is 0 Å². The molecule has 11 heteroatoms. The van der Waals surface area contributed by atoms with Crippen LogP contribution in [0.15, 0.2) is 187 Å². The summed E-state index contributed by atoms with van der Waals surface area (Å²) < 4.78 is 0.470. The van der Waals surface area contributed by atoms with Crippen LogP contribution in [0.2, 0.25) is 0 Å². The molecule has 0 atom stereocenters. The number of thioether (sulfide) groups is 1. The molecule has 0 aliphatic carbocycles. The van der Waals surface area contributed by atoms with Crippen molar-refractivity contribution in [2.24, 2.45) is 0 Å². The molecule has 308 valence electrons. The summed E-state index contributed by atoms with van der Waals surface area (Å²) >= 11 is 10.1. The zero-order valence-corrected chi connectivity index (χ0v) is 36.7. The number of aromatic carboxylic acids is 2. The van der Waals surface area contributed by atoms with Crippen LogP contribution in [-0.4, -0.2) is 32.1 Å². The SMILES string of the molecule is N#Cc1c(-c2ccccc2)cc(-c2ccccc2)[nH]c1=S.N#Cc1c(-c2ccccc2)cc(-c2ccccc2)nc1SCc1ccc(C(=O)O)cc1.O=C(O)c1ccc(CBr)cc1. The largest absolute Gasteiger partial charge is 0.478 e. The molecule has 2 aromatic heterocycles. The van der Waals surface area contributed by atoms with Crippen molar-refractivity contribution < 1.29 is 19.8 Å². The topological polar surface area (TPSA) is 151 Å². The minimum absolute atomic E-state index is 0.252. The first-order valence-electron chi connectivity index (χ1n) is 19.4. The molecule has 0 bridgehead atoms. The number of rotatable bonds is 10. The van der Waals surface area contributed by atoms with Gasteiger partial charge in [-0.3, -0.25) is 0 Å². The van der Waals surface area contributed by atoms with E-state index in [1.807, 2.05) is 133 Å². The van der Waals surface area contributed by atoms with Gasteiger partial charge in [0.25, 0.3) is 0 Å². The van der Waals surface area contributed by atoms with Gasteiger partial charge in [-0.25, -0.2) is 14.6 Å². The molecule has 0 fully saturated rings. The molecule has 0 spiro atoms. The Morgan fingerprint density at radius 3 is 1.46 bits per heavy atom. The molecule has 8 nitrogen and oxygen atoms in total. The van der Waals surface area contributed by atoms with E-state index < -0.39 is 11.9 Å². The number of carboxylic acids is 2. The Kier molecular flexibility index (Phi) is 16.1. The smallest absolute Gasteiger partial charge is 0.335 e. The zero-order valence-electron chi connectivity index (χ0n) is 33.5. The maximum absolute atomic E-state index is 11.1. The van der Waals surface area contributed by atoms with Crippen molar-refractivity contribution in [1.82, 2.24) is 9.97 Å². The summed E-state index contributed by atoms with van der Waals surface area (Å²) in [5, 5.41) is 38.4. The standard InChI is InChI=1S/C26H18N2O2S.C18H12N2S.C8H7BrO2/c27-16-23-22(19-7-3-1-4-8-19)15-24(20-9-5-2-6-10-20)28-25(23)31-17-18-11-13-21(14-12-18)26(29)30;19-12-16-15(13-7-3-1-4-8-13)11-17(20-18(16)21)14-9-5-2-6-10-14;9-5-6-1-3-7(4-2-6)8(10)11/h1-15H,17H2,(H,29,30);1-11H,(H,20,21);1-4H,5H2,(H,10,11). The Labute approximate surface area is 383 Å². The summed E-state index contributed by atoms with van der Waals surface area (Å²) in [6.45, 7) is 0. The van der Waals surface area contributed by atoms with E-state index in [9.17, 15) is 20.1 Å². The summed E-state index contributed by atoms with van der Waals surface area (Å²) in [5.41, 5.74) is 11.1. The van der Waals surface area contributed by atoms with Gasteiger partial charge >= 0.3 is 11.9 Å². The summed E-state index contributed by atoms with van der Waals surface area (Å²) in [5.74, 6) is -1.25. The maximum atomic E-state index is 11.1. The van der Waals surface area contributed by atoms with Crippen LogP contribution in [0.25, 0.3) is 44.8 Å². The second-order valence-corrected chi connectivity index (χ2v) is 15.6. The zero-order chi connectivity index (χ0) is 44.6. The number of nitrogens with zero attached hydrogens (tertiary/aromatic N) is 3. The van der Waals surface area contributed by atoms with Crippen molar-refractivity contribution in [2.75, 3.05) is 0 Å². The molecule has 8 aromatic rings. The highest BCUT2D eigenvalue weighted by atomic mass is 79.9. The Hall–Kier alpha value is -7.41. The van der Waals surface area contributed by atoms with E-state index in [0.717, 1.165) is 61.2 Å². The van der Waals surface area contributed by atoms with Crippen LogP contribution < -0.4 is 0 Å². The van der Waals surface area contributed by atoms with E-state index >= 15 is 0 Å². The molecule has 8 rings (SSSR count). The number of carbonyl (C=O) groups is 2. The lowest BCUT2D eigenvalue weighted by atomic mass is 9.99. The van der Waals surface area contributed by atoms with Crippen LogP contribution in [0.1, 0.15) is 43.0 Å². The number of H-pyrrole nitrogens is 1. The third-order valence-electron chi connectivity index (χ3n) is 9.50. The van der Waals surface area contributed by atoms with E-state index in [0.29, 0.717) is 32.1 Å². The van der Waals surface area contributed by atoms with Crippen LogP contribution >= 0.6 is 39.9 Å². The fourth-order valence-electron chi connectivity index (χ4n) is 6.26. The molecule has 2 heterocycles. The van der Waals surface area contributed by atoms with Gasteiger partial charge < -0.3 is 15.2 Å². The first-order valence-corrected chi connectivity index (χ1v) is 21.9. The molecule has 0 aliphatic rings. The van der Waals surface area contributed by atoms with E-state index in [-0.39, 0.29) is 5.56 Å². The van der Waals surface area contributed by atoms with Crippen molar-refractivity contribution in [2.45, 2.75) is 16.1 Å². The van der Waals surface area contributed by atoms with Crippen molar-refractivity contribution in [3.63, 3.8) is 0 Å². The maximum Gasteiger partial charge on any atom is 0.335 e. The van der Waals surface area contributed by atoms with Gasteiger partial charge in [-0.2, -0.15) is 10.5 Å². The number of hydrogen-bond acceptors (Lipinski definition) is 7. The lowest BCUT2D eigenvalue weighted by Crippen LogP contribution is -1.97. The van der Waals surface area contributed by atoms with Gasteiger partial charge in [0, 0.05) is 33.5 Å². The van der Waals surface area contributed by atoms with Crippen molar-refractivity contribution >= 4 is 51.8 Å². The highest BCUT2D eigenvalue weighted by Crippen LogP contribution is 2.35. The van der Waals surface area contributed by atoms with Crippen molar-refractivity contribution in [3.05, 3.63) is 220 Å². The van der Waals surface area contributed by atoms with Crippen molar-refractivity contribution in [1.29, 1.82) is 10.5 Å². The van der Waals surface area contributed by atoms with Gasteiger partial charge in [-0.1, -0.05) is 174 Å². The Morgan fingerprint density at radius 1 is 0.587 bits per heavy atom. The fraction of sp³-hybridized carbons (Fsp3) is 0.0385. The molecular formula is C52H37BrN4O4S2. The quantitative estimate of drug-likeness (QED) is 0.0692. The number of carboxylic acid groups (broad SMARTS) is 2. The lowest BCUT2D eigenvalue weighted by molar-refractivity contribution is 0.0686. The average molecular weight is 926 g/mol. The van der Waals surface area contributed by atoms with E-state index in [1.54, 1.807) is 48.5 Å². The molecule has 0 amide bonds. The normalized spacial score (nSPS) is 10.1. The number of nitriles is 2. The summed E-state index contributed by atoms with van der Waals surface area (Å²) in [4.78, 5) is 29.4. The molecule has 0 saturated heterocycles. The van der Waals surface area contributed by atoms with Crippen LogP contribution in [0, 0.1) is 27.3 Å². The molecule has 0 saturated carbocycles. The summed E-state index contributed by atoms with van der Waals surface area (Å²) in [7, 11) is 0. The van der Waals surface area contributed by atoms with Crippen LogP contribution in [-0.2, 0) is 11.1 Å². The summed E-state index contributed by atoms with van der Waals surface area (Å²) in [6.07, 6.45) is 0. The van der Waals surface area contributed by atoms with E-state index in [4.69, 9.17) is 27.4 Å². The number of aromatic nitrogens is 2. The monoisotopic (exact) mass is 924 g/mol. The van der Waals surface area contributed by atoms with Crippen molar-refractivity contribution in [3.8, 4) is 56.9 Å². The fourth-order valence-corrected chi connectivity index (χ4v) is 7.86. The number of halogens is 1. The van der Waals surface area contributed by atoms with Gasteiger partial charge in [0.1, 0.15) is 21.8 Å². The highest BCUT2D eigenvalue weighted by molar-refractivity contribution is 9.08. The lowest BCUT2D eigenvalue weighted by Gasteiger charge is -2.13. The van der Waals surface area contributed by atoms with Crippen LogP contribution in [0.5, 0.6) is 0 Å². The number of alkyl halides is 1. The average Bonchev–Trinajstić information content (AvgIpc) is 3.34. The third kappa shape index (κ3) is 12.1. The van der Waals surface area contributed by atoms with Gasteiger partial charge in [-0.15, -0.1) is 11.8 Å². The van der Waals surface area contributed by atoms with Gasteiger partial charge in [-0.05, 0) is 64.2 Å². The summed E-state index contributed by atoms with van der Waals surface area (Å²) in [6, 6.07) is 61.6. The number of hydrogen-bond donors (Lipinski definition) is 3. The number of benzene rings is 6. The minimum atomic E-state index is -0.948. The number of pyridine rings is 2. The van der Waals surface area contributed by atoms with Crippen LogP contribution in [0.3, 0.4) is 0 Å². The molecule has 0 radical (unpaired) electrons. The highest BCUT2D eigenvalue weighted by Gasteiger charge is 2.16. The predicted molar refractivity (Wildman–Crippen MR) is 256 cm³/mol. The molecule has 0 unspecified atom stereocenters. The van der Waals surface area contributed by atoms with E-state index in [1.165, 1.54) is 11.8 Å². The second-order valence-electron chi connectivity index (χ2n) is 13.7. The van der Waals surface area contributed by atoms with E-state index in [2.05, 4.69) is 33.1 Å². The third-order valence-corrected chi connectivity index (χ3v) is 11.5. The second kappa shape index (κ2) is 22.4. The molecule has 6 aromatic carbocycles. The van der Waals surface area contributed by atoms with Gasteiger partial charge in [0.05, 0.1) is 27.9 Å². The molecular weight excluding hydrogens is 889 g/mol.